The third kappa shape index (κ3) is 7.18. The van der Waals surface area contributed by atoms with Crippen LogP contribution in [0, 0.1) is 0 Å². The molecule has 1 rings (SSSR count). The highest BCUT2D eigenvalue weighted by Crippen LogP contribution is 2.14. The normalized spacial score (nSPS) is 19.3. The number of nitrogens with zero attached hydrogens (tertiary/aromatic N) is 1. The maximum Gasteiger partial charge on any atom is 0.411 e. The quantitative estimate of drug-likeness (QED) is 0.682. The lowest BCUT2D eigenvalue weighted by Crippen LogP contribution is -2.39. The van der Waals surface area contributed by atoms with Gasteiger partial charge in [-0.3, -0.25) is 4.90 Å². The average Bonchev–Trinajstić information content (AvgIpc) is 2.79. The molecule has 1 atom stereocenters. The number of hydrogen-bond donors (Lipinski definition) is 1. The predicted octanol–water partition coefficient (Wildman–Crippen LogP) is 2.03. The summed E-state index contributed by atoms with van der Waals surface area (Å²) in [6.07, 6.45) is -1.05. The van der Waals surface area contributed by atoms with Gasteiger partial charge in [-0.25, -0.2) is 0 Å². The summed E-state index contributed by atoms with van der Waals surface area (Å²) in [4.78, 5) is 2.44. The third-order valence-electron chi connectivity index (χ3n) is 3.11. The lowest BCUT2D eigenvalue weighted by atomic mass is 10.3. The van der Waals surface area contributed by atoms with Crippen molar-refractivity contribution in [3.05, 3.63) is 0 Å². The van der Waals surface area contributed by atoms with Gasteiger partial charge in [-0.2, -0.15) is 13.2 Å². The Hall–Kier alpha value is -0.330. The van der Waals surface area contributed by atoms with Crippen LogP contribution in [0.15, 0.2) is 0 Å². The lowest BCUT2D eigenvalue weighted by molar-refractivity contribution is -0.173. The minimum Gasteiger partial charge on any atom is -0.372 e. The van der Waals surface area contributed by atoms with Crippen molar-refractivity contribution in [2.75, 3.05) is 39.4 Å². The van der Waals surface area contributed by atoms with Crippen LogP contribution >= 0.6 is 0 Å². The Labute approximate surface area is 107 Å². The second-order valence-electron chi connectivity index (χ2n) is 4.82. The van der Waals surface area contributed by atoms with Gasteiger partial charge < -0.3 is 10.1 Å². The molecule has 1 unspecified atom stereocenters. The van der Waals surface area contributed by atoms with E-state index in [4.69, 9.17) is 0 Å². The Morgan fingerprint density at radius 3 is 2.56 bits per heavy atom. The fourth-order valence-electron chi connectivity index (χ4n) is 2.11. The van der Waals surface area contributed by atoms with E-state index in [0.717, 1.165) is 19.6 Å². The van der Waals surface area contributed by atoms with Crippen molar-refractivity contribution in [3.8, 4) is 0 Å². The molecule has 0 aromatic rings. The highest BCUT2D eigenvalue weighted by atomic mass is 19.4. The molecule has 1 aliphatic rings. The van der Waals surface area contributed by atoms with E-state index in [1.807, 2.05) is 0 Å². The molecule has 0 amide bonds. The van der Waals surface area contributed by atoms with E-state index in [2.05, 4.69) is 21.9 Å². The number of nitrogens with one attached hydrogen (secondary N) is 1. The third-order valence-corrected chi connectivity index (χ3v) is 3.11. The van der Waals surface area contributed by atoms with Gasteiger partial charge in [0.05, 0.1) is 0 Å². The van der Waals surface area contributed by atoms with Gasteiger partial charge in [0.1, 0.15) is 6.61 Å². The summed E-state index contributed by atoms with van der Waals surface area (Å²) in [7, 11) is 0. The van der Waals surface area contributed by atoms with Gasteiger partial charge in [-0.05, 0) is 45.8 Å². The molecule has 0 aromatic heterocycles. The van der Waals surface area contributed by atoms with Gasteiger partial charge in [0.15, 0.2) is 0 Å². The number of ether oxygens (including phenoxy) is 1. The molecule has 0 saturated carbocycles. The average molecular weight is 268 g/mol. The van der Waals surface area contributed by atoms with E-state index in [-0.39, 0.29) is 6.61 Å². The van der Waals surface area contributed by atoms with Crippen LogP contribution in [0.4, 0.5) is 13.2 Å². The molecule has 0 bridgehead atoms. The van der Waals surface area contributed by atoms with Gasteiger partial charge >= 0.3 is 6.18 Å². The van der Waals surface area contributed by atoms with E-state index >= 15 is 0 Å². The lowest BCUT2D eigenvalue weighted by Gasteiger charge is -2.23. The SMILES string of the molecule is CC(CNCCCOCC(F)(F)F)N1CCCC1. The Kier molecular flexibility index (Phi) is 6.96. The summed E-state index contributed by atoms with van der Waals surface area (Å²) in [5.74, 6) is 0. The van der Waals surface area contributed by atoms with Crippen molar-refractivity contribution in [1.82, 2.24) is 10.2 Å². The van der Waals surface area contributed by atoms with Gasteiger partial charge in [0.25, 0.3) is 0 Å². The van der Waals surface area contributed by atoms with Crippen LogP contribution in [0.5, 0.6) is 0 Å². The van der Waals surface area contributed by atoms with E-state index in [0.29, 0.717) is 19.0 Å². The molecular formula is C12H23F3N2O. The minimum atomic E-state index is -4.21. The van der Waals surface area contributed by atoms with Crippen molar-refractivity contribution in [2.45, 2.75) is 38.4 Å². The zero-order valence-corrected chi connectivity index (χ0v) is 10.9. The van der Waals surface area contributed by atoms with Crippen molar-refractivity contribution in [1.29, 1.82) is 0 Å². The first kappa shape index (κ1) is 15.7. The molecule has 0 aliphatic carbocycles. The maximum atomic E-state index is 11.8. The summed E-state index contributed by atoms with van der Waals surface area (Å²) in [5, 5.41) is 3.26. The molecule has 1 heterocycles. The second-order valence-corrected chi connectivity index (χ2v) is 4.82. The number of alkyl halides is 3. The zero-order valence-electron chi connectivity index (χ0n) is 10.9. The van der Waals surface area contributed by atoms with Crippen LogP contribution in [-0.2, 0) is 4.74 Å². The first-order chi connectivity index (χ1) is 8.49. The second kappa shape index (κ2) is 7.96. The van der Waals surface area contributed by atoms with Gasteiger partial charge in [-0.15, -0.1) is 0 Å². The Morgan fingerprint density at radius 2 is 1.94 bits per heavy atom. The largest absolute Gasteiger partial charge is 0.411 e. The molecule has 18 heavy (non-hydrogen) atoms. The first-order valence-electron chi connectivity index (χ1n) is 6.58. The molecule has 1 N–H and O–H groups in total. The molecule has 108 valence electrons. The molecule has 3 nitrogen and oxygen atoms in total. The van der Waals surface area contributed by atoms with Crippen molar-refractivity contribution in [2.24, 2.45) is 0 Å². The van der Waals surface area contributed by atoms with Gasteiger partial charge in [0.2, 0.25) is 0 Å². The summed E-state index contributed by atoms with van der Waals surface area (Å²) < 4.78 is 39.8. The van der Waals surface area contributed by atoms with E-state index < -0.39 is 12.8 Å². The molecular weight excluding hydrogens is 245 g/mol. The van der Waals surface area contributed by atoms with Crippen LogP contribution in [0.3, 0.4) is 0 Å². The van der Waals surface area contributed by atoms with Crippen molar-refractivity contribution >= 4 is 0 Å². The van der Waals surface area contributed by atoms with Crippen LogP contribution in [0.1, 0.15) is 26.2 Å². The highest BCUT2D eigenvalue weighted by molar-refractivity contribution is 4.74. The van der Waals surface area contributed by atoms with Gasteiger partial charge in [-0.1, -0.05) is 0 Å². The fourth-order valence-corrected chi connectivity index (χ4v) is 2.11. The minimum absolute atomic E-state index is 0.157. The molecule has 1 aliphatic heterocycles. The van der Waals surface area contributed by atoms with Crippen molar-refractivity contribution in [3.63, 3.8) is 0 Å². The Morgan fingerprint density at radius 1 is 1.28 bits per heavy atom. The summed E-state index contributed by atoms with van der Waals surface area (Å²) in [5.41, 5.74) is 0. The van der Waals surface area contributed by atoms with E-state index in [1.165, 1.54) is 12.8 Å². The van der Waals surface area contributed by atoms with E-state index in [1.54, 1.807) is 0 Å². The standard InChI is InChI=1S/C12H23F3N2O/c1-11(17-6-2-3-7-17)9-16-5-4-8-18-10-12(13,14)15/h11,16H,2-10H2,1H3. The summed E-state index contributed by atoms with van der Waals surface area (Å²) in [6, 6.07) is 0.503. The molecule has 0 aromatic carbocycles. The monoisotopic (exact) mass is 268 g/mol. The molecule has 0 radical (unpaired) electrons. The van der Waals surface area contributed by atoms with E-state index in [9.17, 15) is 13.2 Å². The Balaban J connectivity index is 1.89. The van der Waals surface area contributed by atoms with Crippen molar-refractivity contribution < 1.29 is 17.9 Å². The zero-order chi connectivity index (χ0) is 13.4. The van der Waals surface area contributed by atoms with Crippen LogP contribution in [0.25, 0.3) is 0 Å². The summed E-state index contributed by atoms with van der Waals surface area (Å²) in [6.45, 7) is 5.12. The highest BCUT2D eigenvalue weighted by Gasteiger charge is 2.27. The molecule has 0 spiro atoms. The first-order valence-corrected chi connectivity index (χ1v) is 6.58. The summed E-state index contributed by atoms with van der Waals surface area (Å²) >= 11 is 0. The van der Waals surface area contributed by atoms with Gasteiger partial charge in [0, 0.05) is 19.2 Å². The van der Waals surface area contributed by atoms with Crippen LogP contribution < -0.4 is 5.32 Å². The molecule has 6 heteroatoms. The molecule has 1 fully saturated rings. The van der Waals surface area contributed by atoms with Crippen LogP contribution in [0.2, 0.25) is 0 Å². The Bertz CT molecular complexity index is 218. The fraction of sp³-hybridized carbons (Fsp3) is 1.00. The number of halogens is 3. The number of rotatable bonds is 8. The number of hydrogen-bond acceptors (Lipinski definition) is 3. The molecule has 1 saturated heterocycles. The van der Waals surface area contributed by atoms with Crippen LogP contribution in [-0.4, -0.2) is 56.5 Å². The number of likely N-dealkylation sites (tertiary alicyclic amines) is 1. The topological polar surface area (TPSA) is 24.5 Å². The predicted molar refractivity (Wildman–Crippen MR) is 64.6 cm³/mol. The maximum absolute atomic E-state index is 11.8. The smallest absolute Gasteiger partial charge is 0.372 e.